The molecule has 2 heterocycles. The number of H-pyrrole nitrogens is 1. The lowest BCUT2D eigenvalue weighted by Gasteiger charge is -2.23. The van der Waals surface area contributed by atoms with E-state index in [0.29, 0.717) is 11.1 Å². The molecule has 0 saturated heterocycles. The van der Waals surface area contributed by atoms with E-state index < -0.39 is 29.3 Å². The van der Waals surface area contributed by atoms with Crippen LogP contribution in [-0.2, 0) is 16.0 Å². The average Bonchev–Trinajstić information content (AvgIpc) is 3.18. The van der Waals surface area contributed by atoms with Crippen molar-refractivity contribution in [1.82, 2.24) is 10.3 Å². The van der Waals surface area contributed by atoms with Crippen molar-refractivity contribution in [3.05, 3.63) is 75.8 Å². The second-order valence-electron chi connectivity index (χ2n) is 9.48. The third kappa shape index (κ3) is 5.37. The molecule has 182 valence electrons. The Hall–Kier alpha value is -4.07. The molecule has 2 N–H and O–H groups in total. The third-order valence-electron chi connectivity index (χ3n) is 5.72. The summed E-state index contributed by atoms with van der Waals surface area (Å²) in [6.45, 7) is 8.76. The van der Waals surface area contributed by atoms with Gasteiger partial charge in [0.2, 0.25) is 0 Å². The van der Waals surface area contributed by atoms with Crippen molar-refractivity contribution < 1.29 is 23.5 Å². The maximum Gasteiger partial charge on any atom is 0.408 e. The zero-order valence-electron chi connectivity index (χ0n) is 20.4. The molecule has 0 aliphatic rings. The molecule has 0 spiro atoms. The van der Waals surface area contributed by atoms with Crippen LogP contribution in [0.4, 0.5) is 4.79 Å². The van der Waals surface area contributed by atoms with Crippen molar-refractivity contribution in [2.24, 2.45) is 0 Å². The molecule has 2 aromatic heterocycles. The second-order valence-corrected chi connectivity index (χ2v) is 9.48. The number of rotatable bonds is 5. The highest BCUT2D eigenvalue weighted by atomic mass is 16.6. The first-order valence-electron chi connectivity index (χ1n) is 11.3. The summed E-state index contributed by atoms with van der Waals surface area (Å²) in [6, 6.07) is 11.5. The van der Waals surface area contributed by atoms with Crippen LogP contribution in [-0.4, -0.2) is 28.7 Å². The molecule has 1 unspecified atom stereocenters. The summed E-state index contributed by atoms with van der Waals surface area (Å²) < 4.78 is 16.3. The van der Waals surface area contributed by atoms with Gasteiger partial charge in [-0.25, -0.2) is 14.4 Å². The van der Waals surface area contributed by atoms with Gasteiger partial charge in [0.1, 0.15) is 23.0 Å². The second kappa shape index (κ2) is 9.29. The number of hydrogen-bond donors (Lipinski definition) is 2. The van der Waals surface area contributed by atoms with Crippen molar-refractivity contribution in [2.75, 3.05) is 0 Å². The van der Waals surface area contributed by atoms with E-state index in [2.05, 4.69) is 10.3 Å². The first kappa shape index (κ1) is 24.1. The monoisotopic (exact) mass is 476 g/mol. The Kier molecular flexibility index (Phi) is 6.39. The predicted molar refractivity (Wildman–Crippen MR) is 133 cm³/mol. The molecular weight excluding hydrogens is 448 g/mol. The topological polar surface area (TPSA) is 111 Å². The zero-order chi connectivity index (χ0) is 25.3. The van der Waals surface area contributed by atoms with Gasteiger partial charge in [0, 0.05) is 40.5 Å². The summed E-state index contributed by atoms with van der Waals surface area (Å²) in [7, 11) is 0. The Balaban J connectivity index is 1.61. The maximum absolute atomic E-state index is 13.2. The lowest BCUT2D eigenvalue weighted by atomic mass is 10.0. The zero-order valence-corrected chi connectivity index (χ0v) is 20.4. The van der Waals surface area contributed by atoms with Crippen LogP contribution < -0.4 is 15.7 Å². The van der Waals surface area contributed by atoms with Gasteiger partial charge in [0.15, 0.2) is 0 Å². The SMILES string of the molecule is Cc1c(C)c2ccc(OC(=O)C(Cc3c[nH]c4ccccc34)NC(=O)OC(C)(C)C)cc2oc1=O. The van der Waals surface area contributed by atoms with Gasteiger partial charge in [0.05, 0.1) is 0 Å². The molecule has 0 fully saturated rings. The number of carbonyl (C=O) groups excluding carboxylic acids is 2. The van der Waals surface area contributed by atoms with Crippen LogP contribution in [0.2, 0.25) is 0 Å². The highest BCUT2D eigenvalue weighted by Gasteiger charge is 2.27. The molecule has 8 nitrogen and oxygen atoms in total. The molecule has 1 atom stereocenters. The van der Waals surface area contributed by atoms with E-state index >= 15 is 0 Å². The molecule has 0 radical (unpaired) electrons. The van der Waals surface area contributed by atoms with E-state index in [1.807, 2.05) is 31.2 Å². The van der Waals surface area contributed by atoms with Gasteiger partial charge < -0.3 is 24.2 Å². The van der Waals surface area contributed by atoms with Crippen molar-refractivity contribution >= 4 is 33.9 Å². The number of carbonyl (C=O) groups is 2. The van der Waals surface area contributed by atoms with Gasteiger partial charge >= 0.3 is 17.7 Å². The van der Waals surface area contributed by atoms with Crippen LogP contribution in [0.3, 0.4) is 0 Å². The lowest BCUT2D eigenvalue weighted by Crippen LogP contribution is -2.46. The molecule has 1 amide bonds. The van der Waals surface area contributed by atoms with E-state index in [4.69, 9.17) is 13.9 Å². The van der Waals surface area contributed by atoms with Crippen LogP contribution in [0.5, 0.6) is 5.75 Å². The standard InChI is InChI=1S/C27H28N2O6/c1-15-16(2)24(30)34-23-13-18(10-11-19(15)23)33-25(31)22(29-26(32)35-27(3,4)5)12-17-14-28-21-9-7-6-8-20(17)21/h6-11,13-14,22,28H,12H2,1-5H3,(H,29,32). The van der Waals surface area contributed by atoms with E-state index in [1.165, 1.54) is 6.07 Å². The van der Waals surface area contributed by atoms with Crippen LogP contribution in [0.1, 0.15) is 37.5 Å². The first-order valence-corrected chi connectivity index (χ1v) is 11.3. The van der Waals surface area contributed by atoms with Crippen molar-refractivity contribution in [1.29, 1.82) is 0 Å². The fourth-order valence-corrected chi connectivity index (χ4v) is 3.84. The number of esters is 1. The molecular formula is C27H28N2O6. The number of nitrogens with one attached hydrogen (secondary N) is 2. The fourth-order valence-electron chi connectivity index (χ4n) is 3.84. The van der Waals surface area contributed by atoms with Crippen molar-refractivity contribution in [3.63, 3.8) is 0 Å². The summed E-state index contributed by atoms with van der Waals surface area (Å²) in [4.78, 5) is 41.0. The van der Waals surface area contributed by atoms with E-state index in [-0.39, 0.29) is 12.2 Å². The number of fused-ring (bicyclic) bond motifs is 2. The number of amides is 1. The Labute approximate surface area is 202 Å². The predicted octanol–water partition coefficient (Wildman–Crippen LogP) is 4.93. The third-order valence-corrected chi connectivity index (χ3v) is 5.72. The number of hydrogen-bond acceptors (Lipinski definition) is 6. The number of para-hydroxylation sites is 1. The highest BCUT2D eigenvalue weighted by molar-refractivity contribution is 5.88. The number of ether oxygens (including phenoxy) is 2. The van der Waals surface area contributed by atoms with Crippen molar-refractivity contribution in [2.45, 2.75) is 52.7 Å². The Morgan fingerprint density at radius 1 is 1.06 bits per heavy atom. The molecule has 0 bridgehead atoms. The van der Waals surface area contributed by atoms with Crippen LogP contribution in [0.15, 0.2) is 57.9 Å². The summed E-state index contributed by atoms with van der Waals surface area (Å²) in [5, 5.41) is 4.33. The lowest BCUT2D eigenvalue weighted by molar-refractivity contribution is -0.136. The van der Waals surface area contributed by atoms with Gasteiger partial charge in [-0.2, -0.15) is 0 Å². The maximum atomic E-state index is 13.2. The number of aryl methyl sites for hydroxylation is 1. The Morgan fingerprint density at radius 2 is 1.80 bits per heavy atom. The largest absolute Gasteiger partial charge is 0.444 e. The van der Waals surface area contributed by atoms with E-state index in [1.54, 1.807) is 46.0 Å². The number of aromatic nitrogens is 1. The fraction of sp³-hybridized carbons (Fsp3) is 0.296. The molecule has 8 heteroatoms. The van der Waals surface area contributed by atoms with Gasteiger partial charge in [-0.05, 0) is 63.9 Å². The summed E-state index contributed by atoms with van der Waals surface area (Å²) >= 11 is 0. The minimum atomic E-state index is -1.02. The van der Waals surface area contributed by atoms with Gasteiger partial charge in [-0.15, -0.1) is 0 Å². The molecule has 0 aliphatic heterocycles. The molecule has 0 saturated carbocycles. The first-order chi connectivity index (χ1) is 16.5. The van der Waals surface area contributed by atoms with Gasteiger partial charge in [-0.3, -0.25) is 0 Å². The quantitative estimate of drug-likeness (QED) is 0.240. The Bertz CT molecular complexity index is 1470. The smallest absolute Gasteiger partial charge is 0.408 e. The van der Waals surface area contributed by atoms with Gasteiger partial charge in [0.25, 0.3) is 0 Å². The molecule has 0 aliphatic carbocycles. The summed E-state index contributed by atoms with van der Waals surface area (Å²) in [5.74, 6) is -0.476. The van der Waals surface area contributed by atoms with E-state index in [9.17, 15) is 14.4 Å². The van der Waals surface area contributed by atoms with Crippen molar-refractivity contribution in [3.8, 4) is 5.75 Å². The minimum absolute atomic E-state index is 0.184. The van der Waals surface area contributed by atoms with Crippen LogP contribution in [0.25, 0.3) is 21.9 Å². The van der Waals surface area contributed by atoms with Gasteiger partial charge in [-0.1, -0.05) is 18.2 Å². The molecule has 4 aromatic rings. The highest BCUT2D eigenvalue weighted by Crippen LogP contribution is 2.25. The number of benzene rings is 2. The number of alkyl carbamates (subject to hydrolysis) is 1. The Morgan fingerprint density at radius 3 is 2.54 bits per heavy atom. The van der Waals surface area contributed by atoms with Crippen LogP contribution >= 0.6 is 0 Å². The summed E-state index contributed by atoms with van der Waals surface area (Å²) in [5.41, 5.74) is 2.24. The van der Waals surface area contributed by atoms with E-state index in [0.717, 1.165) is 27.4 Å². The normalized spacial score (nSPS) is 12.5. The number of aromatic amines is 1. The summed E-state index contributed by atoms with van der Waals surface area (Å²) in [6.07, 6.45) is 1.26. The average molecular weight is 477 g/mol. The van der Waals surface area contributed by atoms with Crippen LogP contribution in [0, 0.1) is 13.8 Å². The minimum Gasteiger partial charge on any atom is -0.444 e. The molecule has 2 aromatic carbocycles. The molecule has 4 rings (SSSR count). The molecule has 35 heavy (non-hydrogen) atoms.